The first-order chi connectivity index (χ1) is 9.65. The molecule has 1 aliphatic rings. The van der Waals surface area contributed by atoms with Gasteiger partial charge >= 0.3 is 0 Å². The number of rotatable bonds is 3. The van der Waals surface area contributed by atoms with E-state index < -0.39 is 0 Å². The molecule has 0 heterocycles. The van der Waals surface area contributed by atoms with Crippen molar-refractivity contribution in [2.24, 2.45) is 5.73 Å². The predicted molar refractivity (Wildman–Crippen MR) is 77.4 cm³/mol. The summed E-state index contributed by atoms with van der Waals surface area (Å²) in [6.07, 6.45) is 1.85. The Kier molecular flexibility index (Phi) is 3.64. The summed E-state index contributed by atoms with van der Waals surface area (Å²) in [6, 6.07) is 10.6. The molecular formula is C16H15ClFNO. The molecular weight excluding hydrogens is 277 g/mol. The van der Waals surface area contributed by atoms with Crippen molar-refractivity contribution in [2.75, 3.05) is 0 Å². The van der Waals surface area contributed by atoms with E-state index in [1.54, 1.807) is 12.1 Å². The van der Waals surface area contributed by atoms with Gasteiger partial charge in [-0.25, -0.2) is 4.39 Å². The minimum atomic E-state index is -0.346. The maximum Gasteiger partial charge on any atom is 0.131 e. The van der Waals surface area contributed by atoms with Gasteiger partial charge in [-0.1, -0.05) is 29.8 Å². The Morgan fingerprint density at radius 1 is 1.30 bits per heavy atom. The van der Waals surface area contributed by atoms with Crippen LogP contribution in [0.5, 0.6) is 5.75 Å². The van der Waals surface area contributed by atoms with E-state index in [0.29, 0.717) is 10.6 Å². The maximum atomic E-state index is 13.7. The second-order valence-corrected chi connectivity index (χ2v) is 5.43. The Morgan fingerprint density at radius 3 is 2.95 bits per heavy atom. The summed E-state index contributed by atoms with van der Waals surface area (Å²) in [5.41, 5.74) is 8.81. The molecule has 1 aliphatic carbocycles. The zero-order valence-corrected chi connectivity index (χ0v) is 11.7. The van der Waals surface area contributed by atoms with Crippen LogP contribution in [0.25, 0.3) is 0 Å². The number of fused-ring (bicyclic) bond motifs is 1. The first-order valence-corrected chi connectivity index (χ1v) is 6.97. The first-order valence-electron chi connectivity index (χ1n) is 6.59. The smallest absolute Gasteiger partial charge is 0.131 e. The summed E-state index contributed by atoms with van der Waals surface area (Å²) < 4.78 is 19.5. The molecule has 0 radical (unpaired) electrons. The largest absolute Gasteiger partial charge is 0.489 e. The Labute approximate surface area is 122 Å². The molecule has 20 heavy (non-hydrogen) atoms. The normalized spacial score (nSPS) is 17.1. The Balaban J connectivity index is 1.79. The molecule has 2 nitrogen and oxygen atoms in total. The lowest BCUT2D eigenvalue weighted by Gasteiger charge is -2.12. The lowest BCUT2D eigenvalue weighted by atomic mass is 10.1. The maximum absolute atomic E-state index is 13.7. The van der Waals surface area contributed by atoms with E-state index in [4.69, 9.17) is 22.1 Å². The van der Waals surface area contributed by atoms with Crippen LogP contribution in [0.2, 0.25) is 5.02 Å². The Hall–Kier alpha value is -1.58. The average Bonchev–Trinajstić information content (AvgIpc) is 2.80. The van der Waals surface area contributed by atoms with E-state index in [2.05, 4.69) is 0 Å². The fraction of sp³-hybridized carbons (Fsp3) is 0.250. The fourth-order valence-corrected chi connectivity index (χ4v) is 2.74. The molecule has 104 valence electrons. The van der Waals surface area contributed by atoms with E-state index >= 15 is 0 Å². The van der Waals surface area contributed by atoms with Gasteiger partial charge in [0.25, 0.3) is 0 Å². The van der Waals surface area contributed by atoms with Gasteiger partial charge in [0.2, 0.25) is 0 Å². The van der Waals surface area contributed by atoms with E-state index in [1.165, 1.54) is 6.07 Å². The van der Waals surface area contributed by atoms with Crippen molar-refractivity contribution >= 4 is 11.6 Å². The molecule has 2 aromatic carbocycles. The van der Waals surface area contributed by atoms with Gasteiger partial charge in [-0.05, 0) is 42.2 Å². The van der Waals surface area contributed by atoms with E-state index in [1.807, 2.05) is 18.2 Å². The number of hydrogen-bond acceptors (Lipinski definition) is 2. The second kappa shape index (κ2) is 5.43. The third-order valence-electron chi connectivity index (χ3n) is 3.67. The van der Waals surface area contributed by atoms with Gasteiger partial charge in [-0.3, -0.25) is 0 Å². The van der Waals surface area contributed by atoms with Crippen LogP contribution in [0, 0.1) is 5.82 Å². The number of halogens is 2. The zero-order valence-electron chi connectivity index (χ0n) is 10.9. The van der Waals surface area contributed by atoms with E-state index in [0.717, 1.165) is 29.7 Å². The van der Waals surface area contributed by atoms with Crippen molar-refractivity contribution in [1.29, 1.82) is 0 Å². The second-order valence-electron chi connectivity index (χ2n) is 4.99. The molecule has 0 bridgehead atoms. The standard InChI is InChI=1S/C16H15ClFNO/c17-11-5-4-10(14(18)8-11)9-20-16-3-1-2-12-13(16)6-7-15(12)19/h1-5,8,15H,6-7,9,19H2. The summed E-state index contributed by atoms with van der Waals surface area (Å²) in [5, 5.41) is 0.387. The molecule has 0 spiro atoms. The van der Waals surface area contributed by atoms with Crippen LogP contribution in [0.3, 0.4) is 0 Å². The molecule has 4 heteroatoms. The van der Waals surface area contributed by atoms with Crippen molar-refractivity contribution in [1.82, 2.24) is 0 Å². The van der Waals surface area contributed by atoms with Crippen LogP contribution in [0.1, 0.15) is 29.2 Å². The van der Waals surface area contributed by atoms with Crippen molar-refractivity contribution in [2.45, 2.75) is 25.5 Å². The molecule has 3 rings (SSSR count). The van der Waals surface area contributed by atoms with Gasteiger partial charge in [0, 0.05) is 16.6 Å². The summed E-state index contributed by atoms with van der Waals surface area (Å²) in [5.74, 6) is 0.451. The van der Waals surface area contributed by atoms with Crippen molar-refractivity contribution in [3.63, 3.8) is 0 Å². The quantitative estimate of drug-likeness (QED) is 0.927. The number of nitrogens with two attached hydrogens (primary N) is 1. The highest BCUT2D eigenvalue weighted by molar-refractivity contribution is 6.30. The Bertz CT molecular complexity index is 644. The van der Waals surface area contributed by atoms with Gasteiger partial charge in [0.05, 0.1) is 0 Å². The highest BCUT2D eigenvalue weighted by Gasteiger charge is 2.22. The monoisotopic (exact) mass is 291 g/mol. The van der Waals surface area contributed by atoms with Gasteiger partial charge < -0.3 is 10.5 Å². The van der Waals surface area contributed by atoms with Gasteiger partial charge in [0.15, 0.2) is 0 Å². The summed E-state index contributed by atoms with van der Waals surface area (Å²) in [7, 11) is 0. The molecule has 2 N–H and O–H groups in total. The van der Waals surface area contributed by atoms with Gasteiger partial charge in [-0.15, -0.1) is 0 Å². The minimum absolute atomic E-state index is 0.0841. The molecule has 1 atom stereocenters. The zero-order chi connectivity index (χ0) is 14.1. The molecule has 1 unspecified atom stereocenters. The minimum Gasteiger partial charge on any atom is -0.489 e. The van der Waals surface area contributed by atoms with Crippen LogP contribution >= 0.6 is 11.6 Å². The van der Waals surface area contributed by atoms with Crippen molar-refractivity contribution in [3.05, 3.63) is 63.9 Å². The lowest BCUT2D eigenvalue weighted by molar-refractivity contribution is 0.297. The van der Waals surface area contributed by atoms with Crippen molar-refractivity contribution < 1.29 is 9.13 Å². The van der Waals surface area contributed by atoms with Gasteiger partial charge in [0.1, 0.15) is 18.2 Å². The van der Waals surface area contributed by atoms with Crippen molar-refractivity contribution in [3.8, 4) is 5.75 Å². The number of hydrogen-bond donors (Lipinski definition) is 1. The SMILES string of the molecule is NC1CCc2c(OCc3ccc(Cl)cc3F)cccc21. The summed E-state index contributed by atoms with van der Waals surface area (Å²) in [6.45, 7) is 0.189. The fourth-order valence-electron chi connectivity index (χ4n) is 2.58. The third kappa shape index (κ3) is 2.51. The molecule has 2 aromatic rings. The first kappa shape index (κ1) is 13.4. The van der Waals surface area contributed by atoms with Crippen LogP contribution in [-0.4, -0.2) is 0 Å². The number of benzene rings is 2. The number of ether oxygens (including phenoxy) is 1. The van der Waals surface area contributed by atoms with Crippen LogP contribution in [0.15, 0.2) is 36.4 Å². The lowest BCUT2D eigenvalue weighted by Crippen LogP contribution is -2.05. The van der Waals surface area contributed by atoms with E-state index in [-0.39, 0.29) is 18.5 Å². The Morgan fingerprint density at radius 2 is 2.15 bits per heavy atom. The summed E-state index contributed by atoms with van der Waals surface area (Å²) >= 11 is 5.73. The molecule has 0 amide bonds. The highest BCUT2D eigenvalue weighted by atomic mass is 35.5. The molecule has 0 aliphatic heterocycles. The predicted octanol–water partition coefficient (Wildman–Crippen LogP) is 4.00. The van der Waals surface area contributed by atoms with E-state index in [9.17, 15) is 4.39 Å². The molecule has 0 aromatic heterocycles. The van der Waals surface area contributed by atoms with Crippen LogP contribution < -0.4 is 10.5 Å². The topological polar surface area (TPSA) is 35.2 Å². The van der Waals surface area contributed by atoms with Crippen LogP contribution in [-0.2, 0) is 13.0 Å². The third-order valence-corrected chi connectivity index (χ3v) is 3.91. The molecule has 0 saturated heterocycles. The van der Waals surface area contributed by atoms with Crippen LogP contribution in [0.4, 0.5) is 4.39 Å². The molecule has 0 fully saturated rings. The highest BCUT2D eigenvalue weighted by Crippen LogP contribution is 2.35. The average molecular weight is 292 g/mol. The molecule has 0 saturated carbocycles. The summed E-state index contributed by atoms with van der Waals surface area (Å²) in [4.78, 5) is 0. The van der Waals surface area contributed by atoms with Gasteiger partial charge in [-0.2, -0.15) is 0 Å².